The van der Waals surface area contributed by atoms with Crippen LogP contribution >= 0.6 is 11.6 Å². The molecule has 2 nitrogen and oxygen atoms in total. The van der Waals surface area contributed by atoms with Gasteiger partial charge in [0.05, 0.1) is 6.54 Å². The molecule has 1 aliphatic carbocycles. The average Bonchev–Trinajstić information content (AvgIpc) is 2.32. The van der Waals surface area contributed by atoms with Gasteiger partial charge in [-0.2, -0.15) is 0 Å². The second-order valence-corrected chi connectivity index (χ2v) is 3.39. The van der Waals surface area contributed by atoms with E-state index >= 15 is 0 Å². The van der Waals surface area contributed by atoms with Gasteiger partial charge in [-0.15, -0.1) is 0 Å². The maximum absolute atomic E-state index is 13.0. The summed E-state index contributed by atoms with van der Waals surface area (Å²) in [5, 5.41) is -0.524. The van der Waals surface area contributed by atoms with Crippen LogP contribution in [-0.2, 0) is 0 Å². The summed E-state index contributed by atoms with van der Waals surface area (Å²) >= 11 is 5.15. The highest BCUT2D eigenvalue weighted by Crippen LogP contribution is 2.52. The number of alkyl halides is 1. The molecular formula is C6H7ClFNO. The molecular weight excluding hydrogens is 157 g/mol. The Hall–Kier alpha value is -0.310. The SMILES string of the molecule is O=C(Cl)N1CC2CC2(F)C1. The lowest BCUT2D eigenvalue weighted by atomic mass is 10.3. The quantitative estimate of drug-likeness (QED) is 0.390. The largest absolute Gasteiger partial charge is 0.326 e. The van der Waals surface area contributed by atoms with Gasteiger partial charge >= 0.3 is 5.37 Å². The molecule has 0 aromatic rings. The molecule has 2 aliphatic rings. The van der Waals surface area contributed by atoms with Crippen LogP contribution < -0.4 is 0 Å². The molecule has 0 radical (unpaired) electrons. The summed E-state index contributed by atoms with van der Waals surface area (Å²) in [6.07, 6.45) is 0.619. The Bertz CT molecular complexity index is 198. The van der Waals surface area contributed by atoms with Crippen LogP contribution in [0.2, 0.25) is 0 Å². The highest BCUT2D eigenvalue weighted by atomic mass is 35.5. The highest BCUT2D eigenvalue weighted by Gasteiger charge is 2.62. The van der Waals surface area contributed by atoms with E-state index in [9.17, 15) is 9.18 Å². The molecule has 1 aliphatic heterocycles. The standard InChI is InChI=1S/C6H7ClFNO/c7-5(10)9-2-4-1-6(4,8)3-9/h4H,1-3H2. The lowest BCUT2D eigenvalue weighted by Crippen LogP contribution is -2.27. The van der Waals surface area contributed by atoms with E-state index < -0.39 is 11.0 Å². The third-order valence-corrected chi connectivity index (χ3v) is 2.54. The highest BCUT2D eigenvalue weighted by molar-refractivity contribution is 6.62. The maximum atomic E-state index is 13.0. The fraction of sp³-hybridized carbons (Fsp3) is 0.833. The number of hydrogen-bond donors (Lipinski definition) is 0. The number of piperidine rings is 1. The van der Waals surface area contributed by atoms with Crippen molar-refractivity contribution in [1.29, 1.82) is 0 Å². The summed E-state index contributed by atoms with van der Waals surface area (Å²) in [4.78, 5) is 11.8. The van der Waals surface area contributed by atoms with Gasteiger partial charge in [0.25, 0.3) is 0 Å². The zero-order chi connectivity index (χ0) is 7.35. The Balaban J connectivity index is 2.04. The van der Waals surface area contributed by atoms with Gasteiger partial charge in [-0.1, -0.05) is 0 Å². The Morgan fingerprint density at radius 1 is 1.80 bits per heavy atom. The van der Waals surface area contributed by atoms with Crippen molar-refractivity contribution in [3.05, 3.63) is 0 Å². The van der Waals surface area contributed by atoms with Crippen LogP contribution in [0.4, 0.5) is 9.18 Å². The van der Waals surface area contributed by atoms with Gasteiger partial charge in [-0.3, -0.25) is 4.79 Å². The minimum Gasteiger partial charge on any atom is -0.326 e. The average molecular weight is 164 g/mol. The van der Waals surface area contributed by atoms with Crippen molar-refractivity contribution in [2.45, 2.75) is 12.1 Å². The van der Waals surface area contributed by atoms with Gasteiger partial charge in [-0.05, 0) is 18.0 Å². The van der Waals surface area contributed by atoms with E-state index in [1.54, 1.807) is 0 Å². The molecule has 2 atom stereocenters. The number of likely N-dealkylation sites (tertiary alicyclic amines) is 1. The third-order valence-electron chi connectivity index (χ3n) is 2.30. The second-order valence-electron chi connectivity index (χ2n) is 3.07. The zero-order valence-corrected chi connectivity index (χ0v) is 6.07. The fourth-order valence-corrected chi connectivity index (χ4v) is 1.68. The second kappa shape index (κ2) is 1.64. The summed E-state index contributed by atoms with van der Waals surface area (Å²) in [6, 6.07) is 0. The molecule has 0 spiro atoms. The van der Waals surface area contributed by atoms with Crippen LogP contribution in [0.25, 0.3) is 0 Å². The number of amides is 1. The van der Waals surface area contributed by atoms with Crippen molar-refractivity contribution in [2.75, 3.05) is 13.1 Å². The van der Waals surface area contributed by atoms with Crippen molar-refractivity contribution in [2.24, 2.45) is 5.92 Å². The summed E-state index contributed by atoms with van der Waals surface area (Å²) in [6.45, 7) is 0.721. The number of carbonyl (C=O) groups excluding carboxylic acids is 1. The number of halogens is 2. The lowest BCUT2D eigenvalue weighted by Gasteiger charge is -2.13. The number of carbonyl (C=O) groups is 1. The molecule has 1 saturated heterocycles. The Labute approximate surface area is 62.9 Å². The minimum atomic E-state index is -1.06. The molecule has 1 saturated carbocycles. The van der Waals surface area contributed by atoms with Crippen LogP contribution in [0, 0.1) is 5.92 Å². The first-order valence-electron chi connectivity index (χ1n) is 3.25. The molecule has 56 valence electrons. The van der Waals surface area contributed by atoms with E-state index in [2.05, 4.69) is 0 Å². The van der Waals surface area contributed by atoms with E-state index in [1.165, 1.54) is 4.90 Å². The molecule has 1 amide bonds. The van der Waals surface area contributed by atoms with E-state index in [4.69, 9.17) is 11.6 Å². The van der Waals surface area contributed by atoms with E-state index in [1.807, 2.05) is 0 Å². The first kappa shape index (κ1) is 6.40. The fourth-order valence-electron chi connectivity index (χ4n) is 1.55. The molecule has 0 aromatic carbocycles. The number of hydrogen-bond acceptors (Lipinski definition) is 1. The predicted octanol–water partition coefficient (Wildman–Crippen LogP) is 1.39. The molecule has 2 rings (SSSR count). The van der Waals surface area contributed by atoms with Crippen molar-refractivity contribution in [3.8, 4) is 0 Å². The number of nitrogens with zero attached hydrogens (tertiary/aromatic N) is 1. The van der Waals surface area contributed by atoms with E-state index in [-0.39, 0.29) is 12.5 Å². The van der Waals surface area contributed by atoms with Crippen LogP contribution in [0.1, 0.15) is 6.42 Å². The summed E-state index contributed by atoms with van der Waals surface area (Å²) in [5.41, 5.74) is -1.06. The van der Waals surface area contributed by atoms with Crippen molar-refractivity contribution in [1.82, 2.24) is 4.90 Å². The maximum Gasteiger partial charge on any atom is 0.316 e. The predicted molar refractivity (Wildman–Crippen MR) is 34.8 cm³/mol. The molecule has 2 unspecified atom stereocenters. The zero-order valence-electron chi connectivity index (χ0n) is 5.31. The van der Waals surface area contributed by atoms with Crippen molar-refractivity contribution < 1.29 is 9.18 Å². The molecule has 1 heterocycles. The number of fused-ring (bicyclic) bond motifs is 1. The van der Waals surface area contributed by atoms with Crippen LogP contribution in [0.15, 0.2) is 0 Å². The Kier molecular flexibility index (Phi) is 1.05. The lowest BCUT2D eigenvalue weighted by molar-refractivity contribution is 0.214. The van der Waals surface area contributed by atoms with Gasteiger partial charge in [0, 0.05) is 12.5 Å². The van der Waals surface area contributed by atoms with Crippen LogP contribution in [0.5, 0.6) is 0 Å². The molecule has 2 fully saturated rings. The first-order chi connectivity index (χ1) is 4.62. The van der Waals surface area contributed by atoms with E-state index in [0.29, 0.717) is 13.0 Å². The molecule has 4 heteroatoms. The smallest absolute Gasteiger partial charge is 0.316 e. The van der Waals surface area contributed by atoms with Crippen LogP contribution in [0.3, 0.4) is 0 Å². The van der Waals surface area contributed by atoms with Crippen LogP contribution in [-0.4, -0.2) is 29.0 Å². The number of rotatable bonds is 0. The van der Waals surface area contributed by atoms with E-state index in [0.717, 1.165) is 0 Å². The van der Waals surface area contributed by atoms with Gasteiger partial charge in [0.2, 0.25) is 0 Å². The summed E-state index contributed by atoms with van der Waals surface area (Å²) < 4.78 is 13.0. The summed E-state index contributed by atoms with van der Waals surface area (Å²) in [5.74, 6) is 0.0789. The normalized spacial score (nSPS) is 43.4. The minimum absolute atomic E-state index is 0.0789. The molecule has 0 bridgehead atoms. The van der Waals surface area contributed by atoms with Gasteiger partial charge in [0.1, 0.15) is 5.67 Å². The molecule has 10 heavy (non-hydrogen) atoms. The van der Waals surface area contributed by atoms with Crippen molar-refractivity contribution in [3.63, 3.8) is 0 Å². The van der Waals surface area contributed by atoms with Gasteiger partial charge in [-0.25, -0.2) is 4.39 Å². The van der Waals surface area contributed by atoms with Gasteiger partial charge in [0.15, 0.2) is 0 Å². The summed E-state index contributed by atoms with van der Waals surface area (Å²) in [7, 11) is 0. The van der Waals surface area contributed by atoms with Gasteiger partial charge < -0.3 is 4.90 Å². The Morgan fingerprint density at radius 2 is 2.50 bits per heavy atom. The molecule has 0 N–H and O–H groups in total. The topological polar surface area (TPSA) is 20.3 Å². The Morgan fingerprint density at radius 3 is 2.80 bits per heavy atom. The first-order valence-corrected chi connectivity index (χ1v) is 3.63. The monoisotopic (exact) mass is 163 g/mol. The third kappa shape index (κ3) is 0.732. The molecule has 0 aromatic heterocycles. The van der Waals surface area contributed by atoms with Crippen molar-refractivity contribution >= 4 is 17.0 Å².